The number of anilines is 1. The van der Waals surface area contributed by atoms with Crippen LogP contribution < -0.4 is 5.01 Å². The zero-order valence-corrected chi connectivity index (χ0v) is 12.6. The molecule has 2 aliphatic rings. The highest BCUT2D eigenvalue weighted by molar-refractivity contribution is 6.03. The number of hydrogen-bond acceptors (Lipinski definition) is 7. The zero-order chi connectivity index (χ0) is 16.4. The molecule has 0 spiro atoms. The predicted molar refractivity (Wildman–Crippen MR) is 80.8 cm³/mol. The molecule has 1 aromatic carbocycles. The van der Waals surface area contributed by atoms with Crippen LogP contribution in [0.3, 0.4) is 0 Å². The third-order valence-corrected chi connectivity index (χ3v) is 3.58. The Balaban J connectivity index is 1.64. The van der Waals surface area contributed by atoms with E-state index in [2.05, 4.69) is 5.10 Å². The summed E-state index contributed by atoms with van der Waals surface area (Å²) in [6.07, 6.45) is 0.0421. The van der Waals surface area contributed by atoms with Crippen LogP contribution in [0.1, 0.15) is 19.3 Å². The maximum Gasteiger partial charge on any atom is 0.340 e. The standard InChI is InChI=1S/C15H16N4O4/c1-17-10-18(11-5-3-2-4-6-11)16-12(17)9-15(22)23-19-13(20)7-8-14(19)21/h2-6H,7-10H2,1H3. The van der Waals surface area contributed by atoms with Crippen molar-refractivity contribution in [1.29, 1.82) is 0 Å². The fourth-order valence-electron chi connectivity index (χ4n) is 2.36. The van der Waals surface area contributed by atoms with Crippen molar-refractivity contribution in [3.05, 3.63) is 30.3 Å². The molecule has 2 heterocycles. The first kappa shape index (κ1) is 15.0. The molecule has 0 unspecified atom stereocenters. The van der Waals surface area contributed by atoms with Crippen LogP contribution >= 0.6 is 0 Å². The van der Waals surface area contributed by atoms with E-state index in [4.69, 9.17) is 4.84 Å². The number of carbonyl (C=O) groups excluding carboxylic acids is 3. The van der Waals surface area contributed by atoms with Crippen molar-refractivity contribution in [2.24, 2.45) is 5.10 Å². The smallest absolute Gasteiger partial charge is 0.340 e. The number of hydrazone groups is 1. The fraction of sp³-hybridized carbons (Fsp3) is 0.333. The highest BCUT2D eigenvalue weighted by Gasteiger charge is 2.33. The number of amidine groups is 1. The number of nitrogens with zero attached hydrogens (tertiary/aromatic N) is 4. The molecule has 23 heavy (non-hydrogen) atoms. The molecular weight excluding hydrogens is 300 g/mol. The molecule has 2 aliphatic heterocycles. The van der Waals surface area contributed by atoms with Crippen molar-refractivity contribution in [2.75, 3.05) is 18.7 Å². The molecule has 0 N–H and O–H groups in total. The van der Waals surface area contributed by atoms with E-state index in [1.165, 1.54) is 0 Å². The molecule has 0 aromatic heterocycles. The van der Waals surface area contributed by atoms with Crippen LogP contribution in [0.4, 0.5) is 5.69 Å². The Morgan fingerprint density at radius 1 is 1.17 bits per heavy atom. The summed E-state index contributed by atoms with van der Waals surface area (Å²) < 4.78 is 0. The van der Waals surface area contributed by atoms with Gasteiger partial charge in [-0.1, -0.05) is 18.2 Å². The van der Waals surface area contributed by atoms with Crippen molar-refractivity contribution in [3.8, 4) is 0 Å². The Labute approximate surface area is 132 Å². The number of amides is 2. The quantitative estimate of drug-likeness (QED) is 0.761. The number of carbonyl (C=O) groups is 3. The third kappa shape index (κ3) is 3.15. The average molecular weight is 316 g/mol. The van der Waals surface area contributed by atoms with E-state index in [0.29, 0.717) is 17.6 Å². The van der Waals surface area contributed by atoms with Crippen LogP contribution in [0, 0.1) is 0 Å². The van der Waals surface area contributed by atoms with Crippen LogP contribution in [0.15, 0.2) is 35.4 Å². The largest absolute Gasteiger partial charge is 0.342 e. The summed E-state index contributed by atoms with van der Waals surface area (Å²) in [6, 6.07) is 9.55. The minimum atomic E-state index is -0.686. The molecule has 120 valence electrons. The van der Waals surface area contributed by atoms with Crippen LogP contribution in [0.2, 0.25) is 0 Å². The van der Waals surface area contributed by atoms with Gasteiger partial charge < -0.3 is 9.74 Å². The highest BCUT2D eigenvalue weighted by atomic mass is 16.7. The van der Waals surface area contributed by atoms with Gasteiger partial charge >= 0.3 is 5.97 Å². The van der Waals surface area contributed by atoms with Gasteiger partial charge in [-0.3, -0.25) is 9.59 Å². The monoisotopic (exact) mass is 316 g/mol. The van der Waals surface area contributed by atoms with Gasteiger partial charge in [0.05, 0.1) is 5.69 Å². The molecule has 0 saturated carbocycles. The molecule has 1 saturated heterocycles. The van der Waals surface area contributed by atoms with E-state index < -0.39 is 17.8 Å². The summed E-state index contributed by atoms with van der Waals surface area (Å²) in [4.78, 5) is 41.5. The molecule has 8 heteroatoms. The van der Waals surface area contributed by atoms with Crippen molar-refractivity contribution in [3.63, 3.8) is 0 Å². The maximum absolute atomic E-state index is 11.9. The van der Waals surface area contributed by atoms with Crippen LogP contribution in [0.25, 0.3) is 0 Å². The summed E-state index contributed by atoms with van der Waals surface area (Å²) in [5.41, 5.74) is 0.910. The lowest BCUT2D eigenvalue weighted by Gasteiger charge is -2.16. The normalized spacial score (nSPS) is 17.8. The van der Waals surface area contributed by atoms with E-state index in [-0.39, 0.29) is 19.3 Å². The van der Waals surface area contributed by atoms with E-state index in [1.54, 1.807) is 12.1 Å². The summed E-state index contributed by atoms with van der Waals surface area (Å²) in [5.74, 6) is -1.15. The summed E-state index contributed by atoms with van der Waals surface area (Å²) in [7, 11) is 1.81. The molecule has 1 fully saturated rings. The van der Waals surface area contributed by atoms with Gasteiger partial charge in [-0.05, 0) is 12.1 Å². The van der Waals surface area contributed by atoms with Gasteiger partial charge in [0.25, 0.3) is 11.8 Å². The Kier molecular flexibility index (Phi) is 3.96. The van der Waals surface area contributed by atoms with Crippen molar-refractivity contribution in [2.45, 2.75) is 19.3 Å². The van der Waals surface area contributed by atoms with E-state index in [1.807, 2.05) is 35.2 Å². The first-order valence-electron chi connectivity index (χ1n) is 7.22. The van der Waals surface area contributed by atoms with Gasteiger partial charge in [0, 0.05) is 19.9 Å². The minimum absolute atomic E-state index is 0.0781. The van der Waals surface area contributed by atoms with Crippen LogP contribution in [-0.2, 0) is 19.2 Å². The molecular formula is C15H16N4O4. The van der Waals surface area contributed by atoms with E-state index in [9.17, 15) is 14.4 Å². The molecule has 1 aromatic rings. The Morgan fingerprint density at radius 3 is 2.48 bits per heavy atom. The number of hydroxylamine groups is 2. The molecule has 0 bridgehead atoms. The second-order valence-corrected chi connectivity index (χ2v) is 5.31. The lowest BCUT2D eigenvalue weighted by molar-refractivity contribution is -0.196. The van der Waals surface area contributed by atoms with Gasteiger partial charge in [0.2, 0.25) is 0 Å². The van der Waals surface area contributed by atoms with Crippen molar-refractivity contribution >= 4 is 29.3 Å². The van der Waals surface area contributed by atoms with Crippen LogP contribution in [0.5, 0.6) is 0 Å². The third-order valence-electron chi connectivity index (χ3n) is 3.58. The average Bonchev–Trinajstić information content (AvgIpc) is 3.06. The van der Waals surface area contributed by atoms with Gasteiger partial charge in [0.1, 0.15) is 18.9 Å². The van der Waals surface area contributed by atoms with E-state index in [0.717, 1.165) is 5.69 Å². The highest BCUT2D eigenvalue weighted by Crippen LogP contribution is 2.20. The minimum Gasteiger partial charge on any atom is -0.342 e. The molecule has 0 aliphatic carbocycles. The van der Waals surface area contributed by atoms with E-state index >= 15 is 0 Å². The fourth-order valence-corrected chi connectivity index (χ4v) is 2.36. The molecule has 8 nitrogen and oxygen atoms in total. The first-order valence-corrected chi connectivity index (χ1v) is 7.22. The second kappa shape index (κ2) is 6.07. The molecule has 3 rings (SSSR count). The second-order valence-electron chi connectivity index (χ2n) is 5.31. The Bertz CT molecular complexity index is 657. The zero-order valence-electron chi connectivity index (χ0n) is 12.6. The van der Waals surface area contributed by atoms with Crippen LogP contribution in [-0.4, -0.2) is 47.3 Å². The summed E-state index contributed by atoms with van der Waals surface area (Å²) >= 11 is 0. The van der Waals surface area contributed by atoms with Gasteiger partial charge in [0.15, 0.2) is 0 Å². The predicted octanol–water partition coefficient (Wildman–Crippen LogP) is 0.707. The van der Waals surface area contributed by atoms with Gasteiger partial charge in [-0.15, -0.1) is 5.06 Å². The first-order chi connectivity index (χ1) is 11.0. The molecule has 0 radical (unpaired) electrons. The maximum atomic E-state index is 11.9. The summed E-state index contributed by atoms with van der Waals surface area (Å²) in [6.45, 7) is 0.508. The topological polar surface area (TPSA) is 82.5 Å². The lowest BCUT2D eigenvalue weighted by atomic mass is 10.3. The summed E-state index contributed by atoms with van der Waals surface area (Å²) in [5, 5.41) is 6.69. The number of imide groups is 1. The molecule has 0 atom stereocenters. The number of benzene rings is 1. The number of hydrogen-bond donors (Lipinski definition) is 0. The van der Waals surface area contributed by atoms with Gasteiger partial charge in [-0.25, -0.2) is 9.80 Å². The lowest BCUT2D eigenvalue weighted by Crippen LogP contribution is -2.34. The molecule has 2 amide bonds. The Morgan fingerprint density at radius 2 is 1.83 bits per heavy atom. The van der Waals surface area contributed by atoms with Gasteiger partial charge in [-0.2, -0.15) is 5.10 Å². The Hall–Kier alpha value is -2.90. The number of para-hydroxylation sites is 1. The van der Waals surface area contributed by atoms with Crippen molar-refractivity contribution < 1.29 is 19.2 Å². The number of rotatable bonds is 4. The SMILES string of the molecule is CN1CN(c2ccccc2)N=C1CC(=O)ON1C(=O)CCC1=O. The van der Waals surface area contributed by atoms with Crippen molar-refractivity contribution in [1.82, 2.24) is 9.96 Å².